The Labute approximate surface area is 112 Å². The minimum Gasteiger partial charge on any atom is -0.479 e. The topological polar surface area (TPSA) is 58.6 Å². The van der Waals surface area contributed by atoms with Crippen molar-refractivity contribution in [3.8, 4) is 0 Å². The van der Waals surface area contributed by atoms with Crippen LogP contribution in [0.2, 0.25) is 0 Å². The molecule has 1 saturated heterocycles. The van der Waals surface area contributed by atoms with Crippen LogP contribution in [0.15, 0.2) is 22.7 Å². The first kappa shape index (κ1) is 13.3. The smallest absolute Gasteiger partial charge is 0.332 e. The number of carbonyl (C=O) groups is 1. The van der Waals surface area contributed by atoms with Gasteiger partial charge in [-0.25, -0.2) is 9.18 Å². The van der Waals surface area contributed by atoms with Gasteiger partial charge in [-0.2, -0.15) is 0 Å². The van der Waals surface area contributed by atoms with Crippen LogP contribution in [0.25, 0.3) is 0 Å². The normalized spacial score (nSPS) is 23.0. The van der Waals surface area contributed by atoms with Gasteiger partial charge in [0.2, 0.25) is 0 Å². The van der Waals surface area contributed by atoms with Gasteiger partial charge >= 0.3 is 5.97 Å². The zero-order valence-electron chi connectivity index (χ0n) is 9.53. The zero-order valence-corrected chi connectivity index (χ0v) is 11.1. The number of benzene rings is 1. The molecule has 1 heterocycles. The van der Waals surface area contributed by atoms with Gasteiger partial charge in [-0.05, 0) is 40.9 Å². The summed E-state index contributed by atoms with van der Waals surface area (Å²) in [7, 11) is 0. The van der Waals surface area contributed by atoms with E-state index in [-0.39, 0.29) is 11.9 Å². The Morgan fingerprint density at radius 3 is 2.94 bits per heavy atom. The van der Waals surface area contributed by atoms with E-state index in [1.165, 1.54) is 6.07 Å². The van der Waals surface area contributed by atoms with Gasteiger partial charge in [0.1, 0.15) is 5.82 Å². The van der Waals surface area contributed by atoms with Crippen LogP contribution in [0.5, 0.6) is 0 Å². The third-order valence-corrected chi connectivity index (χ3v) is 3.51. The van der Waals surface area contributed by atoms with E-state index in [0.29, 0.717) is 29.5 Å². The Bertz CT molecular complexity index is 435. The number of hydrogen-bond acceptors (Lipinski definition) is 3. The second-order valence-corrected chi connectivity index (χ2v) is 4.99. The Kier molecular flexibility index (Phi) is 4.19. The molecule has 1 aliphatic rings. The number of ether oxygens (including phenoxy) is 1. The van der Waals surface area contributed by atoms with Gasteiger partial charge in [0, 0.05) is 11.0 Å². The second-order valence-electron chi connectivity index (χ2n) is 4.14. The Balaban J connectivity index is 1.91. The Morgan fingerprint density at radius 2 is 2.33 bits per heavy atom. The molecule has 1 aromatic carbocycles. The van der Waals surface area contributed by atoms with Crippen LogP contribution in [0, 0.1) is 5.82 Å². The van der Waals surface area contributed by atoms with Crippen molar-refractivity contribution in [1.82, 2.24) is 0 Å². The third-order valence-electron chi connectivity index (χ3n) is 2.85. The van der Waals surface area contributed by atoms with E-state index >= 15 is 0 Å². The first-order valence-corrected chi connectivity index (χ1v) is 6.43. The average molecular weight is 318 g/mol. The van der Waals surface area contributed by atoms with Gasteiger partial charge in [-0.15, -0.1) is 0 Å². The minimum atomic E-state index is -0.940. The molecule has 0 aliphatic carbocycles. The van der Waals surface area contributed by atoms with E-state index in [2.05, 4.69) is 21.2 Å². The van der Waals surface area contributed by atoms with Crippen molar-refractivity contribution in [2.45, 2.75) is 25.0 Å². The number of para-hydroxylation sites is 1. The number of rotatable bonds is 4. The fourth-order valence-electron chi connectivity index (χ4n) is 1.92. The summed E-state index contributed by atoms with van der Waals surface area (Å²) in [4.78, 5) is 10.7. The van der Waals surface area contributed by atoms with Crippen LogP contribution in [0.3, 0.4) is 0 Å². The number of carboxylic acids is 1. The lowest BCUT2D eigenvalue weighted by Crippen LogP contribution is -2.24. The third kappa shape index (κ3) is 3.00. The maximum absolute atomic E-state index is 13.5. The lowest BCUT2D eigenvalue weighted by molar-refractivity contribution is -0.149. The minimum absolute atomic E-state index is 0.197. The average Bonchev–Trinajstić information content (AvgIpc) is 2.77. The molecule has 6 heteroatoms. The molecule has 0 spiro atoms. The summed E-state index contributed by atoms with van der Waals surface area (Å²) in [6, 6.07) is 4.71. The predicted molar refractivity (Wildman–Crippen MR) is 68.1 cm³/mol. The summed E-state index contributed by atoms with van der Waals surface area (Å²) < 4.78 is 19.5. The maximum Gasteiger partial charge on any atom is 0.332 e. The highest BCUT2D eigenvalue weighted by Gasteiger charge is 2.30. The molecule has 0 radical (unpaired) electrons. The van der Waals surface area contributed by atoms with Gasteiger partial charge in [0.25, 0.3) is 0 Å². The number of anilines is 1. The highest BCUT2D eigenvalue weighted by atomic mass is 79.9. The van der Waals surface area contributed by atoms with E-state index in [9.17, 15) is 9.18 Å². The van der Waals surface area contributed by atoms with Crippen LogP contribution in [0.4, 0.5) is 10.1 Å². The van der Waals surface area contributed by atoms with Crippen LogP contribution in [0.1, 0.15) is 12.8 Å². The van der Waals surface area contributed by atoms with Gasteiger partial charge < -0.3 is 15.2 Å². The van der Waals surface area contributed by atoms with Crippen molar-refractivity contribution in [3.63, 3.8) is 0 Å². The lowest BCUT2D eigenvalue weighted by Gasteiger charge is -2.14. The summed E-state index contributed by atoms with van der Waals surface area (Å²) in [5.74, 6) is -1.29. The molecule has 2 atom stereocenters. The van der Waals surface area contributed by atoms with Crippen molar-refractivity contribution >= 4 is 27.6 Å². The number of halogens is 2. The molecule has 1 aliphatic heterocycles. The quantitative estimate of drug-likeness (QED) is 0.896. The molecule has 1 fully saturated rings. The highest BCUT2D eigenvalue weighted by molar-refractivity contribution is 9.10. The standard InChI is InChI=1S/C12H13BrFNO3/c13-8-2-1-3-9(14)11(8)15-6-7-4-5-10(18-7)12(16)17/h1-3,7,10,15H,4-6H2,(H,16,17). The molecular weight excluding hydrogens is 305 g/mol. The molecule has 0 aromatic heterocycles. The van der Waals surface area contributed by atoms with Crippen LogP contribution < -0.4 is 5.32 Å². The molecule has 1 aromatic rings. The fourth-order valence-corrected chi connectivity index (χ4v) is 2.40. The molecule has 0 bridgehead atoms. The maximum atomic E-state index is 13.5. The van der Waals surface area contributed by atoms with Gasteiger partial charge in [0.15, 0.2) is 6.10 Å². The number of nitrogens with one attached hydrogen (secondary N) is 1. The van der Waals surface area contributed by atoms with Crippen LogP contribution in [-0.2, 0) is 9.53 Å². The van der Waals surface area contributed by atoms with E-state index in [1.54, 1.807) is 12.1 Å². The van der Waals surface area contributed by atoms with Crippen LogP contribution in [-0.4, -0.2) is 29.8 Å². The summed E-state index contributed by atoms with van der Waals surface area (Å²) >= 11 is 3.25. The number of aliphatic carboxylic acids is 1. The Morgan fingerprint density at radius 1 is 1.56 bits per heavy atom. The van der Waals surface area contributed by atoms with E-state index in [4.69, 9.17) is 9.84 Å². The van der Waals surface area contributed by atoms with Crippen molar-refractivity contribution in [1.29, 1.82) is 0 Å². The predicted octanol–water partition coefficient (Wildman–Crippen LogP) is 2.63. The molecule has 0 saturated carbocycles. The molecule has 2 rings (SSSR count). The summed E-state index contributed by atoms with van der Waals surface area (Å²) in [5, 5.41) is 11.7. The van der Waals surface area contributed by atoms with E-state index in [1.807, 2.05) is 0 Å². The monoisotopic (exact) mass is 317 g/mol. The van der Waals surface area contributed by atoms with Crippen molar-refractivity contribution in [3.05, 3.63) is 28.5 Å². The summed E-state index contributed by atoms with van der Waals surface area (Å²) in [6.45, 7) is 0.392. The molecule has 4 nitrogen and oxygen atoms in total. The van der Waals surface area contributed by atoms with Gasteiger partial charge in [-0.1, -0.05) is 6.07 Å². The second kappa shape index (κ2) is 5.67. The summed E-state index contributed by atoms with van der Waals surface area (Å²) in [5.41, 5.74) is 0.375. The zero-order chi connectivity index (χ0) is 13.1. The highest BCUT2D eigenvalue weighted by Crippen LogP contribution is 2.26. The molecule has 98 valence electrons. The molecule has 2 N–H and O–H groups in total. The van der Waals surface area contributed by atoms with E-state index in [0.717, 1.165) is 0 Å². The molecule has 2 unspecified atom stereocenters. The Hall–Kier alpha value is -1.14. The SMILES string of the molecule is O=C(O)C1CCC(CNc2c(F)cccc2Br)O1. The van der Waals surface area contributed by atoms with Crippen LogP contribution >= 0.6 is 15.9 Å². The fraction of sp³-hybridized carbons (Fsp3) is 0.417. The molecule has 0 amide bonds. The van der Waals surface area contributed by atoms with Crippen molar-refractivity contribution < 1.29 is 19.0 Å². The van der Waals surface area contributed by atoms with E-state index < -0.39 is 12.1 Å². The first-order valence-electron chi connectivity index (χ1n) is 5.64. The summed E-state index contributed by atoms with van der Waals surface area (Å²) in [6.07, 6.45) is 0.231. The number of carboxylic acid groups (broad SMARTS) is 1. The molecule has 18 heavy (non-hydrogen) atoms. The van der Waals surface area contributed by atoms with Gasteiger partial charge in [-0.3, -0.25) is 0 Å². The lowest BCUT2D eigenvalue weighted by atomic mass is 10.2. The van der Waals surface area contributed by atoms with Crippen molar-refractivity contribution in [2.24, 2.45) is 0 Å². The largest absolute Gasteiger partial charge is 0.479 e. The van der Waals surface area contributed by atoms with Crippen molar-refractivity contribution in [2.75, 3.05) is 11.9 Å². The molecular formula is C12H13BrFNO3. The number of hydrogen-bond donors (Lipinski definition) is 2. The first-order chi connectivity index (χ1) is 8.58. The van der Waals surface area contributed by atoms with Gasteiger partial charge in [0.05, 0.1) is 11.8 Å².